The van der Waals surface area contributed by atoms with Crippen LogP contribution >= 0.6 is 0 Å². The Morgan fingerprint density at radius 3 is 1.82 bits per heavy atom. The molecule has 0 fully saturated rings. The highest BCUT2D eigenvalue weighted by Gasteiger charge is 2.24. The van der Waals surface area contributed by atoms with Crippen molar-refractivity contribution in [1.82, 2.24) is 0 Å². The maximum absolute atomic E-state index is 13.9. The van der Waals surface area contributed by atoms with E-state index in [1.807, 2.05) is 37.3 Å². The van der Waals surface area contributed by atoms with E-state index in [0.29, 0.717) is 40.5 Å². The van der Waals surface area contributed by atoms with Crippen LogP contribution < -0.4 is 23.7 Å². The van der Waals surface area contributed by atoms with Crippen LogP contribution in [0.15, 0.2) is 48.5 Å². The summed E-state index contributed by atoms with van der Waals surface area (Å²) in [5, 5.41) is 0. The normalized spacial score (nSPS) is 10.5. The number of aryl methyl sites for hydroxylation is 2. The van der Waals surface area contributed by atoms with E-state index in [4.69, 9.17) is 23.7 Å². The lowest BCUT2D eigenvalue weighted by molar-refractivity contribution is 0.103. The van der Waals surface area contributed by atoms with Crippen molar-refractivity contribution >= 4 is 5.78 Å². The van der Waals surface area contributed by atoms with Crippen LogP contribution in [0.4, 0.5) is 0 Å². The van der Waals surface area contributed by atoms with Crippen LogP contribution in [0.2, 0.25) is 0 Å². The molecule has 3 aromatic carbocycles. The fraction of sp³-hybridized carbons (Fsp3) is 0.296. The van der Waals surface area contributed by atoms with Gasteiger partial charge >= 0.3 is 0 Å². The summed E-state index contributed by atoms with van der Waals surface area (Å²) in [5.41, 5.74) is 3.72. The number of carbonyl (C=O) groups excluding carboxylic acids is 1. The summed E-state index contributed by atoms with van der Waals surface area (Å²) in [6, 6.07) is 15.0. The highest BCUT2D eigenvalue weighted by Crippen LogP contribution is 2.35. The van der Waals surface area contributed by atoms with Crippen LogP contribution in [-0.4, -0.2) is 41.3 Å². The standard InChI is InChI=1S/C27H30O6/c1-17-23(14-22(31-4)15-24(17)32-5)27(28)26-19(13-21(30-3)16-25(26)33-6)10-7-18-8-11-20(29-2)12-9-18/h8-9,11-16H,7,10H2,1-6H3. The third-order valence-corrected chi connectivity index (χ3v) is 5.72. The van der Waals surface area contributed by atoms with Crippen molar-refractivity contribution in [2.24, 2.45) is 0 Å². The average Bonchev–Trinajstić information content (AvgIpc) is 2.86. The molecule has 0 aliphatic carbocycles. The zero-order valence-corrected chi connectivity index (χ0v) is 20.0. The van der Waals surface area contributed by atoms with Gasteiger partial charge in [-0.05, 0) is 55.2 Å². The smallest absolute Gasteiger partial charge is 0.197 e. The molecule has 0 aliphatic heterocycles. The monoisotopic (exact) mass is 450 g/mol. The Morgan fingerprint density at radius 1 is 0.667 bits per heavy atom. The SMILES string of the molecule is COc1ccc(CCc2cc(OC)cc(OC)c2C(=O)c2cc(OC)cc(OC)c2C)cc1. The van der Waals surface area contributed by atoms with E-state index < -0.39 is 0 Å². The maximum Gasteiger partial charge on any atom is 0.197 e. The Bertz CT molecular complexity index is 1120. The molecule has 6 heteroatoms. The minimum atomic E-state index is -0.158. The van der Waals surface area contributed by atoms with Crippen LogP contribution in [-0.2, 0) is 12.8 Å². The molecule has 3 rings (SSSR count). The number of rotatable bonds is 10. The van der Waals surface area contributed by atoms with Crippen molar-refractivity contribution < 1.29 is 28.5 Å². The van der Waals surface area contributed by atoms with Gasteiger partial charge in [-0.2, -0.15) is 0 Å². The number of benzene rings is 3. The number of methoxy groups -OCH3 is 5. The van der Waals surface area contributed by atoms with Gasteiger partial charge in [-0.3, -0.25) is 4.79 Å². The van der Waals surface area contributed by atoms with Gasteiger partial charge in [-0.15, -0.1) is 0 Å². The number of hydrogen-bond acceptors (Lipinski definition) is 6. The largest absolute Gasteiger partial charge is 0.497 e. The second-order valence-electron chi connectivity index (χ2n) is 7.54. The van der Waals surface area contributed by atoms with E-state index in [-0.39, 0.29) is 5.78 Å². The third kappa shape index (κ3) is 5.22. The van der Waals surface area contributed by atoms with Gasteiger partial charge in [0.1, 0.15) is 28.7 Å². The first-order chi connectivity index (χ1) is 15.9. The minimum Gasteiger partial charge on any atom is -0.497 e. The number of ether oxygens (including phenoxy) is 5. The Hall–Kier alpha value is -3.67. The van der Waals surface area contributed by atoms with E-state index in [1.165, 1.54) is 0 Å². The molecule has 0 aliphatic rings. The van der Waals surface area contributed by atoms with Crippen LogP contribution in [0.3, 0.4) is 0 Å². The molecule has 0 saturated heterocycles. The predicted molar refractivity (Wildman–Crippen MR) is 128 cm³/mol. The molecule has 3 aromatic rings. The second-order valence-corrected chi connectivity index (χ2v) is 7.54. The Labute approximate surface area is 195 Å². The summed E-state index contributed by atoms with van der Waals surface area (Å²) >= 11 is 0. The van der Waals surface area contributed by atoms with Crippen molar-refractivity contribution in [2.45, 2.75) is 19.8 Å². The Kier molecular flexibility index (Phi) is 7.83. The molecule has 0 unspecified atom stereocenters. The number of hydrogen-bond donors (Lipinski definition) is 0. The molecule has 174 valence electrons. The predicted octanol–water partition coefficient (Wildman–Crippen LogP) is 5.05. The molecular formula is C27H30O6. The first kappa shape index (κ1) is 24.0. The van der Waals surface area contributed by atoms with Gasteiger partial charge in [0.05, 0.1) is 41.1 Å². The first-order valence-corrected chi connectivity index (χ1v) is 10.6. The molecule has 0 aromatic heterocycles. The summed E-state index contributed by atoms with van der Waals surface area (Å²) in [7, 11) is 7.93. The molecule has 0 amide bonds. The third-order valence-electron chi connectivity index (χ3n) is 5.72. The van der Waals surface area contributed by atoms with E-state index in [9.17, 15) is 4.79 Å². The van der Waals surface area contributed by atoms with Gasteiger partial charge in [0, 0.05) is 23.3 Å². The molecule has 0 spiro atoms. The fourth-order valence-corrected chi connectivity index (χ4v) is 3.81. The zero-order valence-electron chi connectivity index (χ0n) is 20.0. The summed E-state index contributed by atoms with van der Waals surface area (Å²) in [6.45, 7) is 1.86. The maximum atomic E-state index is 13.9. The molecule has 6 nitrogen and oxygen atoms in total. The first-order valence-electron chi connectivity index (χ1n) is 10.6. The highest BCUT2D eigenvalue weighted by atomic mass is 16.5. The van der Waals surface area contributed by atoms with Crippen LogP contribution in [0.25, 0.3) is 0 Å². The van der Waals surface area contributed by atoms with Gasteiger partial charge in [0.15, 0.2) is 5.78 Å². The fourth-order valence-electron chi connectivity index (χ4n) is 3.81. The molecule has 33 heavy (non-hydrogen) atoms. The molecule has 0 saturated carbocycles. The van der Waals surface area contributed by atoms with Crippen molar-refractivity contribution in [3.8, 4) is 28.7 Å². The summed E-state index contributed by atoms with van der Waals surface area (Å²) in [4.78, 5) is 13.9. The lowest BCUT2D eigenvalue weighted by Crippen LogP contribution is -2.12. The lowest BCUT2D eigenvalue weighted by Gasteiger charge is -2.18. The van der Waals surface area contributed by atoms with Crippen LogP contribution in [0.5, 0.6) is 28.7 Å². The van der Waals surface area contributed by atoms with E-state index in [1.54, 1.807) is 53.7 Å². The Morgan fingerprint density at radius 2 is 1.24 bits per heavy atom. The van der Waals surface area contributed by atoms with Crippen molar-refractivity contribution in [2.75, 3.05) is 35.5 Å². The molecule has 0 atom stereocenters. The minimum absolute atomic E-state index is 0.158. The topological polar surface area (TPSA) is 63.2 Å². The van der Waals surface area contributed by atoms with E-state index >= 15 is 0 Å². The average molecular weight is 451 g/mol. The van der Waals surface area contributed by atoms with Crippen LogP contribution in [0, 0.1) is 6.92 Å². The molecule has 0 radical (unpaired) electrons. The second kappa shape index (κ2) is 10.8. The van der Waals surface area contributed by atoms with Crippen LogP contribution in [0.1, 0.15) is 32.6 Å². The molecule has 0 heterocycles. The van der Waals surface area contributed by atoms with Crippen molar-refractivity contribution in [1.29, 1.82) is 0 Å². The zero-order chi connectivity index (χ0) is 24.0. The Balaban J connectivity index is 2.07. The number of carbonyl (C=O) groups is 1. The highest BCUT2D eigenvalue weighted by molar-refractivity contribution is 6.13. The summed E-state index contributed by atoms with van der Waals surface area (Å²) in [5.74, 6) is 2.88. The summed E-state index contributed by atoms with van der Waals surface area (Å²) < 4.78 is 27.2. The van der Waals surface area contributed by atoms with E-state index in [0.717, 1.165) is 28.9 Å². The van der Waals surface area contributed by atoms with Gasteiger partial charge < -0.3 is 23.7 Å². The van der Waals surface area contributed by atoms with Gasteiger partial charge in [0.2, 0.25) is 0 Å². The summed E-state index contributed by atoms with van der Waals surface area (Å²) in [6.07, 6.45) is 1.36. The molecule has 0 N–H and O–H groups in total. The lowest BCUT2D eigenvalue weighted by atomic mass is 9.91. The quantitative estimate of drug-likeness (QED) is 0.403. The number of ketones is 1. The van der Waals surface area contributed by atoms with Gasteiger partial charge in [0.25, 0.3) is 0 Å². The molecular weight excluding hydrogens is 420 g/mol. The van der Waals surface area contributed by atoms with Gasteiger partial charge in [-0.1, -0.05) is 12.1 Å². The van der Waals surface area contributed by atoms with Crippen molar-refractivity contribution in [3.63, 3.8) is 0 Å². The molecule has 0 bridgehead atoms. The van der Waals surface area contributed by atoms with Gasteiger partial charge in [-0.25, -0.2) is 0 Å². The van der Waals surface area contributed by atoms with Crippen molar-refractivity contribution in [3.05, 3.63) is 76.3 Å². The van der Waals surface area contributed by atoms with E-state index in [2.05, 4.69) is 0 Å².